The lowest BCUT2D eigenvalue weighted by molar-refractivity contribution is 0.114. The van der Waals surface area contributed by atoms with Gasteiger partial charge in [-0.2, -0.15) is 0 Å². The van der Waals surface area contributed by atoms with Crippen LogP contribution in [0.2, 0.25) is 0 Å². The monoisotopic (exact) mass is 554 g/mol. The topological polar surface area (TPSA) is 131 Å². The van der Waals surface area contributed by atoms with E-state index >= 15 is 0 Å². The number of nitrogens with one attached hydrogen (secondary N) is 2. The summed E-state index contributed by atoms with van der Waals surface area (Å²) in [5, 5.41) is 14.9. The number of rotatable bonds is 10. The van der Waals surface area contributed by atoms with E-state index in [4.69, 9.17) is 9.47 Å². The van der Waals surface area contributed by atoms with Gasteiger partial charge in [0.25, 0.3) is 0 Å². The second kappa shape index (κ2) is 11.3. The van der Waals surface area contributed by atoms with Crippen LogP contribution in [-0.2, 0) is 18.3 Å². The smallest absolute Gasteiger partial charge is 0.407 e. The molecule has 1 aliphatic carbocycles. The number of thiophene rings is 1. The number of aromatic nitrogens is 3. The number of fused-ring (bicyclic) bond motifs is 1. The molecule has 5 rings (SSSR count). The number of benzene rings is 1. The number of carbonyl (C=O) groups excluding carboxylic acids is 1. The zero-order chi connectivity index (χ0) is 27.5. The Labute approximate surface area is 227 Å². The first kappa shape index (κ1) is 26.4. The molecule has 3 heterocycles. The van der Waals surface area contributed by atoms with Crippen molar-refractivity contribution in [1.29, 1.82) is 0 Å². The molecule has 3 aromatic heterocycles. The van der Waals surface area contributed by atoms with Gasteiger partial charge in [0.15, 0.2) is 11.6 Å². The summed E-state index contributed by atoms with van der Waals surface area (Å²) in [5.74, 6) is 0.455. The number of hydrogen-bond donors (Lipinski definition) is 3. The minimum atomic E-state index is -1.04. The van der Waals surface area contributed by atoms with Crippen LogP contribution in [0.25, 0.3) is 20.9 Å². The number of halogens is 1. The molecule has 39 heavy (non-hydrogen) atoms. The summed E-state index contributed by atoms with van der Waals surface area (Å²) in [4.78, 5) is 34.5. The Morgan fingerprint density at radius 1 is 1.23 bits per heavy atom. The number of urea groups is 1. The molecule has 0 bridgehead atoms. The predicted molar refractivity (Wildman–Crippen MR) is 144 cm³/mol. The van der Waals surface area contributed by atoms with Crippen LogP contribution in [0.15, 0.2) is 42.7 Å². The highest BCUT2D eigenvalue weighted by atomic mass is 32.1. The van der Waals surface area contributed by atoms with Crippen molar-refractivity contribution in [2.75, 3.05) is 25.6 Å². The summed E-state index contributed by atoms with van der Waals surface area (Å²) in [5.41, 5.74) is 1.69. The average Bonchev–Trinajstić information content (AvgIpc) is 3.48. The van der Waals surface area contributed by atoms with E-state index in [1.165, 1.54) is 35.5 Å². The second-order valence-corrected chi connectivity index (χ2v) is 10.1. The summed E-state index contributed by atoms with van der Waals surface area (Å²) in [6.07, 6.45) is 4.09. The molecule has 0 aliphatic heterocycles. The quantitative estimate of drug-likeness (QED) is 0.250. The number of hydrogen-bond acceptors (Lipinski definition) is 7. The van der Waals surface area contributed by atoms with Crippen LogP contribution in [0, 0.1) is 5.82 Å². The fourth-order valence-electron chi connectivity index (χ4n) is 3.93. The van der Waals surface area contributed by atoms with Crippen molar-refractivity contribution in [3.8, 4) is 22.2 Å². The second-order valence-electron chi connectivity index (χ2n) is 9.08. The van der Waals surface area contributed by atoms with E-state index < -0.39 is 11.9 Å². The maximum Gasteiger partial charge on any atom is 0.407 e. The van der Waals surface area contributed by atoms with Gasteiger partial charge in [-0.25, -0.2) is 19.0 Å². The van der Waals surface area contributed by atoms with E-state index in [2.05, 4.69) is 20.6 Å². The molecular formula is C26H27FN6O5S. The molecular weight excluding hydrogens is 527 g/mol. The number of nitrogens with zero attached hydrogens (tertiary/aromatic N) is 4. The molecule has 0 spiro atoms. The number of amides is 3. The lowest BCUT2D eigenvalue weighted by Gasteiger charge is -2.18. The van der Waals surface area contributed by atoms with Gasteiger partial charge < -0.3 is 34.7 Å². The Morgan fingerprint density at radius 3 is 2.77 bits per heavy atom. The zero-order valence-corrected chi connectivity index (χ0v) is 22.1. The Balaban J connectivity index is 1.34. The highest BCUT2D eigenvalue weighted by Gasteiger charge is 2.23. The van der Waals surface area contributed by atoms with Gasteiger partial charge in [0.2, 0.25) is 0 Å². The van der Waals surface area contributed by atoms with E-state index in [1.54, 1.807) is 24.5 Å². The Hall–Kier alpha value is -4.23. The molecule has 11 nitrogen and oxygen atoms in total. The van der Waals surface area contributed by atoms with Crippen molar-refractivity contribution in [2.45, 2.75) is 25.4 Å². The van der Waals surface area contributed by atoms with Crippen LogP contribution in [0.5, 0.6) is 11.5 Å². The molecule has 3 N–H and O–H groups in total. The third kappa shape index (κ3) is 6.10. The minimum absolute atomic E-state index is 0.00898. The highest BCUT2D eigenvalue weighted by molar-refractivity contribution is 7.22. The van der Waals surface area contributed by atoms with Crippen LogP contribution < -0.4 is 15.4 Å². The summed E-state index contributed by atoms with van der Waals surface area (Å²) < 4.78 is 28.3. The third-order valence-corrected chi connectivity index (χ3v) is 7.33. The molecule has 13 heteroatoms. The van der Waals surface area contributed by atoms with E-state index in [-0.39, 0.29) is 37.5 Å². The van der Waals surface area contributed by atoms with E-state index in [0.29, 0.717) is 33.2 Å². The number of methoxy groups -OCH3 is 1. The molecule has 1 aromatic carbocycles. The van der Waals surface area contributed by atoms with Crippen molar-refractivity contribution in [1.82, 2.24) is 24.8 Å². The maximum atomic E-state index is 14.8. The van der Waals surface area contributed by atoms with Gasteiger partial charge in [-0.3, -0.25) is 4.98 Å². The summed E-state index contributed by atoms with van der Waals surface area (Å²) in [6, 6.07) is 7.60. The summed E-state index contributed by atoms with van der Waals surface area (Å²) >= 11 is 1.38. The van der Waals surface area contributed by atoms with Crippen LogP contribution in [0.3, 0.4) is 0 Å². The van der Waals surface area contributed by atoms with Crippen molar-refractivity contribution in [3.63, 3.8) is 0 Å². The van der Waals surface area contributed by atoms with E-state index in [1.807, 2.05) is 17.7 Å². The van der Waals surface area contributed by atoms with Crippen LogP contribution in [-0.4, -0.2) is 63.0 Å². The Morgan fingerprint density at radius 2 is 2.05 bits per heavy atom. The predicted octanol–water partition coefficient (Wildman–Crippen LogP) is 5.04. The van der Waals surface area contributed by atoms with Gasteiger partial charge in [0.05, 0.1) is 40.1 Å². The summed E-state index contributed by atoms with van der Waals surface area (Å²) in [6.45, 7) is 0.685. The third-order valence-electron chi connectivity index (χ3n) is 6.19. The van der Waals surface area contributed by atoms with Crippen molar-refractivity contribution in [2.24, 2.45) is 7.05 Å². The van der Waals surface area contributed by atoms with Gasteiger partial charge in [-0.15, -0.1) is 11.3 Å². The molecule has 0 unspecified atom stereocenters. The van der Waals surface area contributed by atoms with Crippen LogP contribution >= 0.6 is 11.3 Å². The molecule has 1 aliphatic rings. The first-order valence-corrected chi connectivity index (χ1v) is 13.0. The van der Waals surface area contributed by atoms with Crippen LogP contribution in [0.1, 0.15) is 18.5 Å². The Kier molecular flexibility index (Phi) is 7.61. The lowest BCUT2D eigenvalue weighted by atomic mass is 10.3. The van der Waals surface area contributed by atoms with Crippen molar-refractivity contribution < 1.29 is 28.6 Å². The van der Waals surface area contributed by atoms with Gasteiger partial charge in [-0.1, -0.05) is 0 Å². The number of pyridine rings is 1. The van der Waals surface area contributed by atoms with Crippen molar-refractivity contribution in [3.05, 3.63) is 54.2 Å². The SMILES string of the molecule is COCCN(Cc1cnc(-c2cc3nccc(Oc4ccc(NC(=O)NC5CC5)cc4F)c3s2)n1C)C(=O)O. The fraction of sp³-hybridized carbons (Fsp3) is 0.308. The van der Waals surface area contributed by atoms with Crippen LogP contribution in [0.4, 0.5) is 19.7 Å². The Bertz CT molecular complexity index is 1520. The van der Waals surface area contributed by atoms with E-state index in [9.17, 15) is 19.1 Å². The number of ether oxygens (including phenoxy) is 2. The lowest BCUT2D eigenvalue weighted by Crippen LogP contribution is -2.32. The first-order valence-electron chi connectivity index (χ1n) is 12.2. The number of carbonyl (C=O) groups is 2. The molecule has 1 saturated carbocycles. The van der Waals surface area contributed by atoms with Gasteiger partial charge in [0, 0.05) is 50.8 Å². The molecule has 1 fully saturated rings. The van der Waals surface area contributed by atoms with Gasteiger partial charge in [-0.05, 0) is 31.0 Å². The highest BCUT2D eigenvalue weighted by Crippen LogP contribution is 2.39. The fourth-order valence-corrected chi connectivity index (χ4v) is 5.02. The number of imidazole rings is 1. The molecule has 0 radical (unpaired) electrons. The first-order chi connectivity index (χ1) is 18.8. The minimum Gasteiger partial charge on any atom is -0.465 e. The normalized spacial score (nSPS) is 12.9. The van der Waals surface area contributed by atoms with E-state index in [0.717, 1.165) is 17.7 Å². The van der Waals surface area contributed by atoms with Crippen molar-refractivity contribution >= 4 is 39.4 Å². The molecule has 0 atom stereocenters. The number of anilines is 1. The standard InChI is InChI=1S/C26H27FN6O5S/c1-32-17(14-33(26(35)36)9-10-37-2)13-29-24(32)22-12-19-23(39-22)21(7-8-28-19)38-20-6-5-16(11-18(20)27)31-25(34)30-15-3-4-15/h5-8,11-13,15H,3-4,9-10,14H2,1-2H3,(H,35,36)(H2,30,31,34). The molecule has 0 saturated heterocycles. The maximum absolute atomic E-state index is 14.8. The van der Waals surface area contributed by atoms with Gasteiger partial charge in [0.1, 0.15) is 11.6 Å². The molecule has 3 amide bonds. The summed E-state index contributed by atoms with van der Waals surface area (Å²) in [7, 11) is 3.34. The van der Waals surface area contributed by atoms with Gasteiger partial charge >= 0.3 is 12.1 Å². The zero-order valence-electron chi connectivity index (χ0n) is 21.3. The number of carboxylic acid groups (broad SMARTS) is 1. The largest absolute Gasteiger partial charge is 0.465 e. The molecule has 4 aromatic rings. The molecule has 204 valence electrons. The average molecular weight is 555 g/mol.